The number of piperidine rings is 1. The summed E-state index contributed by atoms with van der Waals surface area (Å²) in [6.45, 7) is 1.56. The molecule has 0 spiro atoms. The number of hydrogen-bond donors (Lipinski definition) is 2. The molecule has 0 atom stereocenters. The standard InChI is InChI=1S/C13H17N5O/c14-8-10-1-4-17-13(12(10)16)18-5-2-9(3-6-18)7-11(15)19/h1,4,9H,2-3,5-7,16H2,(H2,15,19). The van der Waals surface area contributed by atoms with Crippen LogP contribution in [0.25, 0.3) is 0 Å². The van der Waals surface area contributed by atoms with Crippen molar-refractivity contribution in [2.45, 2.75) is 19.3 Å². The van der Waals surface area contributed by atoms with Gasteiger partial charge in [-0.3, -0.25) is 4.79 Å². The van der Waals surface area contributed by atoms with E-state index < -0.39 is 0 Å². The van der Waals surface area contributed by atoms with Crippen molar-refractivity contribution in [3.05, 3.63) is 17.8 Å². The molecule has 0 aromatic carbocycles. The van der Waals surface area contributed by atoms with Crippen LogP contribution >= 0.6 is 0 Å². The molecule has 0 bridgehead atoms. The summed E-state index contributed by atoms with van der Waals surface area (Å²) >= 11 is 0. The third-order valence-corrected chi connectivity index (χ3v) is 3.49. The number of carbonyl (C=O) groups excluding carboxylic acids is 1. The Labute approximate surface area is 112 Å². The number of nitriles is 1. The Bertz CT molecular complexity index is 514. The number of aromatic nitrogens is 1. The van der Waals surface area contributed by atoms with Crippen LogP contribution in [0.5, 0.6) is 0 Å². The summed E-state index contributed by atoms with van der Waals surface area (Å²) < 4.78 is 0. The van der Waals surface area contributed by atoms with Crippen LogP contribution in [-0.2, 0) is 4.79 Å². The quantitative estimate of drug-likeness (QED) is 0.827. The predicted molar refractivity (Wildman–Crippen MR) is 72.1 cm³/mol. The molecule has 0 saturated carbocycles. The van der Waals surface area contributed by atoms with Gasteiger partial charge in [-0.15, -0.1) is 0 Å². The van der Waals surface area contributed by atoms with Gasteiger partial charge >= 0.3 is 0 Å². The summed E-state index contributed by atoms with van der Waals surface area (Å²) in [7, 11) is 0. The molecule has 1 fully saturated rings. The van der Waals surface area contributed by atoms with E-state index in [9.17, 15) is 4.79 Å². The minimum absolute atomic E-state index is 0.248. The Balaban J connectivity index is 2.06. The van der Waals surface area contributed by atoms with Crippen molar-refractivity contribution >= 4 is 17.4 Å². The molecule has 19 heavy (non-hydrogen) atoms. The number of nitrogens with two attached hydrogens (primary N) is 2. The van der Waals surface area contributed by atoms with Crippen molar-refractivity contribution in [2.24, 2.45) is 11.7 Å². The number of nitrogens with zero attached hydrogens (tertiary/aromatic N) is 3. The Hall–Kier alpha value is -2.29. The fraction of sp³-hybridized carbons (Fsp3) is 0.462. The van der Waals surface area contributed by atoms with Gasteiger partial charge in [0, 0.05) is 25.7 Å². The van der Waals surface area contributed by atoms with Gasteiger partial charge in [-0.25, -0.2) is 4.98 Å². The Morgan fingerprint density at radius 3 is 2.79 bits per heavy atom. The molecule has 1 aromatic rings. The first-order valence-corrected chi connectivity index (χ1v) is 6.29. The molecular formula is C13H17N5O. The molecule has 6 heteroatoms. The van der Waals surface area contributed by atoms with Gasteiger partial charge in [0.05, 0.1) is 11.3 Å². The maximum absolute atomic E-state index is 10.9. The van der Waals surface area contributed by atoms with Gasteiger partial charge in [-0.05, 0) is 24.8 Å². The second kappa shape index (κ2) is 5.57. The number of pyridine rings is 1. The maximum atomic E-state index is 10.9. The van der Waals surface area contributed by atoms with Crippen LogP contribution in [0.15, 0.2) is 12.3 Å². The molecule has 2 rings (SSSR count). The first kappa shape index (κ1) is 13.1. The van der Waals surface area contributed by atoms with E-state index in [-0.39, 0.29) is 5.91 Å². The van der Waals surface area contributed by atoms with Crippen molar-refractivity contribution in [1.82, 2.24) is 4.98 Å². The van der Waals surface area contributed by atoms with Crippen molar-refractivity contribution in [3.8, 4) is 6.07 Å². The van der Waals surface area contributed by atoms with Gasteiger partial charge < -0.3 is 16.4 Å². The van der Waals surface area contributed by atoms with Gasteiger partial charge in [0.1, 0.15) is 6.07 Å². The van der Waals surface area contributed by atoms with Crippen LogP contribution in [0.1, 0.15) is 24.8 Å². The number of primary amides is 1. The molecule has 1 aliphatic heterocycles. The van der Waals surface area contributed by atoms with Crippen LogP contribution in [0, 0.1) is 17.2 Å². The van der Waals surface area contributed by atoms with E-state index in [2.05, 4.69) is 16.0 Å². The third kappa shape index (κ3) is 2.94. The second-order valence-corrected chi connectivity index (χ2v) is 4.81. The maximum Gasteiger partial charge on any atom is 0.217 e. The average molecular weight is 259 g/mol. The SMILES string of the molecule is N#Cc1ccnc(N2CCC(CC(N)=O)CC2)c1N. The van der Waals surface area contributed by atoms with E-state index in [1.165, 1.54) is 0 Å². The lowest BCUT2D eigenvalue weighted by atomic mass is 9.93. The summed E-state index contributed by atoms with van der Waals surface area (Å²) in [5, 5.41) is 8.95. The van der Waals surface area contributed by atoms with Gasteiger partial charge in [0.2, 0.25) is 5.91 Å². The van der Waals surface area contributed by atoms with Crippen LogP contribution < -0.4 is 16.4 Å². The number of hydrogen-bond acceptors (Lipinski definition) is 5. The van der Waals surface area contributed by atoms with Crippen LogP contribution in [0.3, 0.4) is 0 Å². The van der Waals surface area contributed by atoms with Crippen molar-refractivity contribution < 1.29 is 4.79 Å². The smallest absolute Gasteiger partial charge is 0.217 e. The zero-order chi connectivity index (χ0) is 13.8. The third-order valence-electron chi connectivity index (χ3n) is 3.49. The summed E-state index contributed by atoms with van der Waals surface area (Å²) in [5.74, 6) is 0.758. The highest BCUT2D eigenvalue weighted by Gasteiger charge is 2.23. The molecule has 1 aromatic heterocycles. The minimum atomic E-state index is -0.248. The lowest BCUT2D eigenvalue weighted by molar-refractivity contribution is -0.119. The number of carbonyl (C=O) groups is 1. The number of anilines is 2. The zero-order valence-electron chi connectivity index (χ0n) is 10.7. The molecule has 0 aliphatic carbocycles. The van der Waals surface area contributed by atoms with Crippen molar-refractivity contribution in [1.29, 1.82) is 5.26 Å². The molecule has 100 valence electrons. The van der Waals surface area contributed by atoms with Gasteiger partial charge in [-0.1, -0.05) is 0 Å². The molecule has 1 saturated heterocycles. The van der Waals surface area contributed by atoms with Crippen molar-refractivity contribution in [2.75, 3.05) is 23.7 Å². The van der Waals surface area contributed by atoms with Crippen LogP contribution in [-0.4, -0.2) is 24.0 Å². The Morgan fingerprint density at radius 1 is 1.53 bits per heavy atom. The largest absolute Gasteiger partial charge is 0.395 e. The highest BCUT2D eigenvalue weighted by atomic mass is 16.1. The molecule has 1 aliphatic rings. The number of rotatable bonds is 3. The number of amides is 1. The fourth-order valence-corrected chi connectivity index (χ4v) is 2.45. The minimum Gasteiger partial charge on any atom is -0.395 e. The highest BCUT2D eigenvalue weighted by Crippen LogP contribution is 2.28. The zero-order valence-corrected chi connectivity index (χ0v) is 10.7. The summed E-state index contributed by atoms with van der Waals surface area (Å²) in [6.07, 6.45) is 3.82. The fourth-order valence-electron chi connectivity index (χ4n) is 2.45. The van der Waals surface area contributed by atoms with Gasteiger partial charge in [0.25, 0.3) is 0 Å². The van der Waals surface area contributed by atoms with E-state index in [0.717, 1.165) is 25.9 Å². The second-order valence-electron chi connectivity index (χ2n) is 4.81. The molecule has 6 nitrogen and oxygen atoms in total. The molecule has 0 unspecified atom stereocenters. The molecule has 0 radical (unpaired) electrons. The average Bonchev–Trinajstić information content (AvgIpc) is 2.39. The summed E-state index contributed by atoms with van der Waals surface area (Å²) in [6, 6.07) is 3.67. The first-order valence-electron chi connectivity index (χ1n) is 6.29. The van der Waals surface area contributed by atoms with E-state index in [1.54, 1.807) is 12.3 Å². The van der Waals surface area contributed by atoms with E-state index >= 15 is 0 Å². The van der Waals surface area contributed by atoms with Crippen LogP contribution in [0.4, 0.5) is 11.5 Å². The Morgan fingerprint density at radius 2 is 2.21 bits per heavy atom. The lowest BCUT2D eigenvalue weighted by Gasteiger charge is -2.33. The number of nitrogen functional groups attached to an aromatic ring is 1. The highest BCUT2D eigenvalue weighted by molar-refractivity contribution is 5.74. The lowest BCUT2D eigenvalue weighted by Crippen LogP contribution is -2.36. The Kier molecular flexibility index (Phi) is 3.85. The monoisotopic (exact) mass is 259 g/mol. The molecule has 1 amide bonds. The first-order chi connectivity index (χ1) is 9.11. The van der Waals surface area contributed by atoms with Gasteiger partial charge in [-0.2, -0.15) is 5.26 Å². The van der Waals surface area contributed by atoms with E-state index in [1.807, 2.05) is 0 Å². The van der Waals surface area contributed by atoms with Crippen molar-refractivity contribution in [3.63, 3.8) is 0 Å². The van der Waals surface area contributed by atoms with Gasteiger partial charge in [0.15, 0.2) is 5.82 Å². The summed E-state index contributed by atoms with van der Waals surface area (Å²) in [5.41, 5.74) is 12.0. The summed E-state index contributed by atoms with van der Waals surface area (Å²) in [4.78, 5) is 17.2. The topological polar surface area (TPSA) is 109 Å². The predicted octanol–water partition coefficient (Wildman–Crippen LogP) is 0.627. The molecule has 4 N–H and O–H groups in total. The van der Waals surface area contributed by atoms with E-state index in [0.29, 0.717) is 29.4 Å². The normalized spacial score (nSPS) is 16.1. The molecular weight excluding hydrogens is 242 g/mol. The molecule has 2 heterocycles. The van der Waals surface area contributed by atoms with Crippen LogP contribution in [0.2, 0.25) is 0 Å². The van der Waals surface area contributed by atoms with E-state index in [4.69, 9.17) is 16.7 Å².